The van der Waals surface area contributed by atoms with Crippen molar-refractivity contribution in [2.45, 2.75) is 33.2 Å². The quantitative estimate of drug-likeness (QED) is 0.828. The van der Waals surface area contributed by atoms with E-state index in [2.05, 4.69) is 48.3 Å². The van der Waals surface area contributed by atoms with Crippen LogP contribution in [-0.4, -0.2) is 32.8 Å². The number of ether oxygens (including phenoxy) is 1. The summed E-state index contributed by atoms with van der Waals surface area (Å²) < 4.78 is 5.39. The van der Waals surface area contributed by atoms with Crippen molar-refractivity contribution in [1.82, 2.24) is 5.32 Å². The van der Waals surface area contributed by atoms with Gasteiger partial charge in [0.1, 0.15) is 0 Å². The summed E-state index contributed by atoms with van der Waals surface area (Å²) in [5, 5.41) is 3.58. The molecular weight excluding hydrogens is 248 g/mol. The molecule has 0 bridgehead atoms. The summed E-state index contributed by atoms with van der Waals surface area (Å²) >= 11 is 0. The maximum atomic E-state index is 5.39. The highest BCUT2D eigenvalue weighted by Gasteiger charge is 2.12. The van der Waals surface area contributed by atoms with Gasteiger partial charge in [-0.15, -0.1) is 0 Å². The van der Waals surface area contributed by atoms with Gasteiger partial charge in [-0.25, -0.2) is 0 Å². The van der Waals surface area contributed by atoms with Crippen LogP contribution in [-0.2, 0) is 11.3 Å². The average molecular weight is 276 g/mol. The van der Waals surface area contributed by atoms with E-state index in [4.69, 9.17) is 4.74 Å². The minimum Gasteiger partial charge on any atom is -0.381 e. The SMILES string of the molecule is CCN(CC)c1ccc(CNCC2CCOCC2)cc1. The molecule has 3 nitrogen and oxygen atoms in total. The van der Waals surface area contributed by atoms with Crippen molar-refractivity contribution < 1.29 is 4.74 Å². The lowest BCUT2D eigenvalue weighted by atomic mass is 10.0. The molecule has 0 amide bonds. The predicted octanol–water partition coefficient (Wildman–Crippen LogP) is 3.05. The fourth-order valence-corrected chi connectivity index (χ4v) is 2.78. The van der Waals surface area contributed by atoms with E-state index in [1.165, 1.54) is 24.1 Å². The lowest BCUT2D eigenvalue weighted by molar-refractivity contribution is 0.0662. The molecule has 1 aromatic carbocycles. The number of benzene rings is 1. The van der Waals surface area contributed by atoms with Crippen molar-refractivity contribution in [3.05, 3.63) is 29.8 Å². The van der Waals surface area contributed by atoms with Gasteiger partial charge in [-0.3, -0.25) is 0 Å². The van der Waals surface area contributed by atoms with Crippen molar-refractivity contribution >= 4 is 5.69 Å². The molecule has 3 heteroatoms. The third kappa shape index (κ3) is 4.50. The lowest BCUT2D eigenvalue weighted by Crippen LogP contribution is -2.27. The molecule has 0 spiro atoms. The summed E-state index contributed by atoms with van der Waals surface area (Å²) in [6.07, 6.45) is 2.40. The van der Waals surface area contributed by atoms with Crippen LogP contribution in [0.15, 0.2) is 24.3 Å². The average Bonchev–Trinajstić information content (AvgIpc) is 2.51. The molecule has 0 radical (unpaired) electrons. The smallest absolute Gasteiger partial charge is 0.0469 e. The molecule has 2 rings (SSSR count). The van der Waals surface area contributed by atoms with E-state index in [-0.39, 0.29) is 0 Å². The van der Waals surface area contributed by atoms with Gasteiger partial charge in [-0.05, 0) is 56.8 Å². The molecule has 1 saturated heterocycles. The standard InChI is InChI=1S/C17H28N2O/c1-3-19(4-2)17-7-5-15(6-8-17)13-18-14-16-9-11-20-12-10-16/h5-8,16,18H,3-4,9-14H2,1-2H3. The van der Waals surface area contributed by atoms with Gasteiger partial charge in [0.25, 0.3) is 0 Å². The first-order valence-corrected chi connectivity index (χ1v) is 7.95. The highest BCUT2D eigenvalue weighted by atomic mass is 16.5. The number of hydrogen-bond acceptors (Lipinski definition) is 3. The molecule has 112 valence electrons. The second kappa shape index (κ2) is 8.28. The second-order valence-corrected chi connectivity index (χ2v) is 5.53. The Bertz CT molecular complexity index is 367. The largest absolute Gasteiger partial charge is 0.381 e. The highest BCUT2D eigenvalue weighted by molar-refractivity contribution is 5.47. The number of rotatable bonds is 7. The Morgan fingerprint density at radius 2 is 1.75 bits per heavy atom. The van der Waals surface area contributed by atoms with E-state index in [0.29, 0.717) is 0 Å². The van der Waals surface area contributed by atoms with Gasteiger partial charge in [-0.1, -0.05) is 12.1 Å². The van der Waals surface area contributed by atoms with Crippen LogP contribution in [0.1, 0.15) is 32.3 Å². The Labute approximate surface area is 123 Å². The molecule has 0 saturated carbocycles. The lowest BCUT2D eigenvalue weighted by Gasteiger charge is -2.23. The molecule has 0 aliphatic carbocycles. The monoisotopic (exact) mass is 276 g/mol. The number of nitrogens with zero attached hydrogens (tertiary/aromatic N) is 1. The highest BCUT2D eigenvalue weighted by Crippen LogP contribution is 2.16. The number of anilines is 1. The van der Waals surface area contributed by atoms with Crippen molar-refractivity contribution in [2.75, 3.05) is 37.7 Å². The topological polar surface area (TPSA) is 24.5 Å². The fraction of sp³-hybridized carbons (Fsp3) is 0.647. The van der Waals surface area contributed by atoms with Crippen molar-refractivity contribution in [3.63, 3.8) is 0 Å². The van der Waals surface area contributed by atoms with Crippen LogP contribution in [0.3, 0.4) is 0 Å². The molecule has 20 heavy (non-hydrogen) atoms. The van der Waals surface area contributed by atoms with Crippen LogP contribution in [0.2, 0.25) is 0 Å². The van der Waals surface area contributed by atoms with Crippen LogP contribution in [0.25, 0.3) is 0 Å². The zero-order valence-corrected chi connectivity index (χ0v) is 12.9. The van der Waals surface area contributed by atoms with Gasteiger partial charge < -0.3 is 15.0 Å². The molecule has 0 unspecified atom stereocenters. The van der Waals surface area contributed by atoms with Gasteiger partial charge in [-0.2, -0.15) is 0 Å². The first-order chi connectivity index (χ1) is 9.83. The molecule has 1 aliphatic rings. The van der Waals surface area contributed by atoms with E-state index in [1.807, 2.05) is 0 Å². The van der Waals surface area contributed by atoms with Crippen molar-refractivity contribution in [1.29, 1.82) is 0 Å². The van der Waals surface area contributed by atoms with Crippen LogP contribution in [0.4, 0.5) is 5.69 Å². The van der Waals surface area contributed by atoms with E-state index in [0.717, 1.165) is 45.3 Å². The van der Waals surface area contributed by atoms with Crippen molar-refractivity contribution in [3.8, 4) is 0 Å². The fourth-order valence-electron chi connectivity index (χ4n) is 2.78. The summed E-state index contributed by atoms with van der Waals surface area (Å²) in [7, 11) is 0. The Kier molecular flexibility index (Phi) is 6.34. The van der Waals surface area contributed by atoms with E-state index in [9.17, 15) is 0 Å². The molecule has 0 aromatic heterocycles. The summed E-state index contributed by atoms with van der Waals surface area (Å²) in [6.45, 7) is 10.5. The molecule has 1 aromatic rings. The minimum atomic E-state index is 0.790. The number of hydrogen-bond donors (Lipinski definition) is 1. The van der Waals surface area contributed by atoms with E-state index >= 15 is 0 Å². The Morgan fingerprint density at radius 1 is 1.10 bits per heavy atom. The Balaban J connectivity index is 1.75. The summed E-state index contributed by atoms with van der Waals surface area (Å²) in [5.41, 5.74) is 2.69. The third-order valence-corrected chi connectivity index (χ3v) is 4.17. The molecule has 1 fully saturated rings. The van der Waals surface area contributed by atoms with Gasteiger partial charge >= 0.3 is 0 Å². The normalized spacial score (nSPS) is 16.3. The minimum absolute atomic E-state index is 0.790. The van der Waals surface area contributed by atoms with Crippen LogP contribution in [0, 0.1) is 5.92 Å². The van der Waals surface area contributed by atoms with E-state index in [1.54, 1.807) is 0 Å². The van der Waals surface area contributed by atoms with Gasteiger partial charge in [0, 0.05) is 38.5 Å². The second-order valence-electron chi connectivity index (χ2n) is 5.53. The first kappa shape index (κ1) is 15.3. The molecule has 1 heterocycles. The maximum Gasteiger partial charge on any atom is 0.0469 e. The third-order valence-electron chi connectivity index (χ3n) is 4.17. The van der Waals surface area contributed by atoms with Crippen LogP contribution < -0.4 is 10.2 Å². The molecule has 0 atom stereocenters. The summed E-state index contributed by atoms with van der Waals surface area (Å²) in [5.74, 6) is 0.790. The zero-order valence-electron chi connectivity index (χ0n) is 12.9. The first-order valence-electron chi connectivity index (χ1n) is 7.95. The predicted molar refractivity (Wildman–Crippen MR) is 85.3 cm³/mol. The zero-order chi connectivity index (χ0) is 14.2. The molecule has 1 aliphatic heterocycles. The number of nitrogens with one attached hydrogen (secondary N) is 1. The van der Waals surface area contributed by atoms with Gasteiger partial charge in [0.2, 0.25) is 0 Å². The van der Waals surface area contributed by atoms with Crippen molar-refractivity contribution in [2.24, 2.45) is 5.92 Å². The van der Waals surface area contributed by atoms with Gasteiger partial charge in [0.15, 0.2) is 0 Å². The van der Waals surface area contributed by atoms with Crippen LogP contribution >= 0.6 is 0 Å². The molecule has 1 N–H and O–H groups in total. The Hall–Kier alpha value is -1.06. The summed E-state index contributed by atoms with van der Waals surface area (Å²) in [6, 6.07) is 8.95. The van der Waals surface area contributed by atoms with E-state index < -0.39 is 0 Å². The maximum absolute atomic E-state index is 5.39. The van der Waals surface area contributed by atoms with Crippen LogP contribution in [0.5, 0.6) is 0 Å². The Morgan fingerprint density at radius 3 is 2.35 bits per heavy atom. The van der Waals surface area contributed by atoms with Gasteiger partial charge in [0.05, 0.1) is 0 Å². The summed E-state index contributed by atoms with van der Waals surface area (Å²) in [4.78, 5) is 2.37. The molecular formula is C17H28N2O.